The first-order valence-corrected chi connectivity index (χ1v) is 9.57. The lowest BCUT2D eigenvalue weighted by atomic mass is 9.98. The summed E-state index contributed by atoms with van der Waals surface area (Å²) in [5.41, 5.74) is 2.32. The third-order valence-electron chi connectivity index (χ3n) is 4.85. The van der Waals surface area contributed by atoms with Gasteiger partial charge < -0.3 is 20.3 Å². The lowest BCUT2D eigenvalue weighted by Gasteiger charge is -2.29. The number of morpholine rings is 1. The van der Waals surface area contributed by atoms with Crippen molar-refractivity contribution in [3.05, 3.63) is 59.8 Å². The van der Waals surface area contributed by atoms with Crippen molar-refractivity contribution in [3.8, 4) is 0 Å². The van der Waals surface area contributed by atoms with Crippen LogP contribution in [-0.4, -0.2) is 43.9 Å². The summed E-state index contributed by atoms with van der Waals surface area (Å²) in [6.07, 6.45) is 2.70. The van der Waals surface area contributed by atoms with E-state index in [2.05, 4.69) is 39.6 Å². The van der Waals surface area contributed by atoms with Crippen LogP contribution in [0.3, 0.4) is 0 Å². The number of carbonyl (C=O) groups excluding carboxylic acids is 1. The molecule has 144 valence electrons. The number of hydrogen-bond acceptors (Lipinski definition) is 4. The van der Waals surface area contributed by atoms with E-state index >= 15 is 0 Å². The van der Waals surface area contributed by atoms with Gasteiger partial charge in [-0.15, -0.1) is 0 Å². The van der Waals surface area contributed by atoms with Crippen molar-refractivity contribution in [3.63, 3.8) is 0 Å². The summed E-state index contributed by atoms with van der Waals surface area (Å²) >= 11 is 0. The second-order valence-corrected chi connectivity index (χ2v) is 6.80. The van der Waals surface area contributed by atoms with E-state index in [1.807, 2.05) is 30.3 Å². The lowest BCUT2D eigenvalue weighted by Crippen LogP contribution is -2.39. The average molecular weight is 368 g/mol. The van der Waals surface area contributed by atoms with Crippen LogP contribution in [0.5, 0.6) is 0 Å². The number of nitrogens with zero attached hydrogens (tertiary/aromatic N) is 2. The van der Waals surface area contributed by atoms with E-state index in [0.717, 1.165) is 30.9 Å². The minimum absolute atomic E-state index is 0.146. The van der Waals surface area contributed by atoms with Crippen LogP contribution in [-0.2, 0) is 11.3 Å². The first-order valence-electron chi connectivity index (χ1n) is 9.57. The molecular weight excluding hydrogens is 340 g/mol. The first-order chi connectivity index (χ1) is 13.2. The molecule has 0 radical (unpaired) electrons. The van der Waals surface area contributed by atoms with Gasteiger partial charge >= 0.3 is 6.03 Å². The minimum atomic E-state index is -0.146. The van der Waals surface area contributed by atoms with E-state index in [9.17, 15) is 4.79 Å². The van der Waals surface area contributed by atoms with Crippen LogP contribution < -0.4 is 15.5 Å². The second kappa shape index (κ2) is 9.92. The Hall–Kier alpha value is -2.60. The number of hydrogen-bond donors (Lipinski definition) is 2. The number of ether oxygens (including phenoxy) is 1. The predicted molar refractivity (Wildman–Crippen MR) is 107 cm³/mol. The fraction of sp³-hybridized carbons (Fsp3) is 0.429. The second-order valence-electron chi connectivity index (χ2n) is 6.80. The molecule has 2 heterocycles. The topological polar surface area (TPSA) is 66.5 Å². The maximum absolute atomic E-state index is 12.1. The van der Waals surface area contributed by atoms with Crippen LogP contribution in [0.2, 0.25) is 0 Å². The Morgan fingerprint density at radius 3 is 2.70 bits per heavy atom. The van der Waals surface area contributed by atoms with Gasteiger partial charge in [0.15, 0.2) is 0 Å². The highest BCUT2D eigenvalue weighted by Crippen LogP contribution is 2.19. The molecule has 1 aliphatic heterocycles. The Kier molecular flexibility index (Phi) is 7.04. The summed E-state index contributed by atoms with van der Waals surface area (Å²) in [6, 6.07) is 14.1. The molecule has 2 amide bonds. The Morgan fingerprint density at radius 1 is 1.15 bits per heavy atom. The van der Waals surface area contributed by atoms with Gasteiger partial charge in [0.2, 0.25) is 0 Å². The monoisotopic (exact) mass is 368 g/mol. The maximum Gasteiger partial charge on any atom is 0.315 e. The van der Waals surface area contributed by atoms with E-state index in [1.54, 1.807) is 6.20 Å². The van der Waals surface area contributed by atoms with Gasteiger partial charge in [0.05, 0.1) is 13.2 Å². The SMILES string of the molecule is C[C@@H](CCNC(=O)NCc1cccnc1N1CCOCC1)c1ccccc1. The molecule has 0 bridgehead atoms. The summed E-state index contributed by atoms with van der Waals surface area (Å²) in [5, 5.41) is 5.89. The van der Waals surface area contributed by atoms with Gasteiger partial charge in [-0.25, -0.2) is 9.78 Å². The molecule has 1 aromatic carbocycles. The molecule has 0 saturated carbocycles. The highest BCUT2D eigenvalue weighted by Gasteiger charge is 2.16. The number of urea groups is 1. The highest BCUT2D eigenvalue weighted by molar-refractivity contribution is 5.74. The maximum atomic E-state index is 12.1. The molecule has 2 aromatic rings. The molecular formula is C21H28N4O2. The number of carbonyl (C=O) groups is 1. The summed E-state index contributed by atoms with van der Waals surface area (Å²) < 4.78 is 5.41. The molecule has 1 aromatic heterocycles. The van der Waals surface area contributed by atoms with Gasteiger partial charge in [0.1, 0.15) is 5.82 Å². The number of benzene rings is 1. The zero-order valence-electron chi connectivity index (χ0n) is 15.9. The van der Waals surface area contributed by atoms with E-state index in [0.29, 0.717) is 32.2 Å². The van der Waals surface area contributed by atoms with Crippen LogP contribution in [0, 0.1) is 0 Å². The number of aromatic nitrogens is 1. The van der Waals surface area contributed by atoms with Gasteiger partial charge in [0, 0.05) is 37.9 Å². The van der Waals surface area contributed by atoms with Crippen molar-refractivity contribution in [2.24, 2.45) is 0 Å². The van der Waals surface area contributed by atoms with E-state index < -0.39 is 0 Å². The molecule has 6 heteroatoms. The smallest absolute Gasteiger partial charge is 0.315 e. The van der Waals surface area contributed by atoms with Crippen molar-refractivity contribution in [2.45, 2.75) is 25.8 Å². The average Bonchev–Trinajstić information content (AvgIpc) is 2.73. The Labute approximate surface area is 160 Å². The van der Waals surface area contributed by atoms with Gasteiger partial charge in [-0.05, 0) is 24.0 Å². The number of nitrogens with one attached hydrogen (secondary N) is 2. The summed E-state index contributed by atoms with van der Waals surface area (Å²) in [6.45, 7) is 6.36. The van der Waals surface area contributed by atoms with E-state index in [-0.39, 0.29) is 6.03 Å². The molecule has 0 unspecified atom stereocenters. The van der Waals surface area contributed by atoms with Gasteiger partial charge in [-0.2, -0.15) is 0 Å². The number of amides is 2. The summed E-state index contributed by atoms with van der Waals surface area (Å²) in [7, 11) is 0. The normalized spacial score (nSPS) is 15.2. The standard InChI is InChI=1S/C21H28N4O2/c1-17(18-6-3-2-4-7-18)9-11-23-21(26)24-16-19-8-5-10-22-20(19)25-12-14-27-15-13-25/h2-8,10,17H,9,11-16H2,1H3,(H2,23,24,26)/t17-/m0/s1. The Morgan fingerprint density at radius 2 is 1.93 bits per heavy atom. The minimum Gasteiger partial charge on any atom is -0.378 e. The van der Waals surface area contributed by atoms with Crippen molar-refractivity contribution >= 4 is 11.8 Å². The molecule has 1 atom stereocenters. The van der Waals surface area contributed by atoms with Crippen LogP contribution in [0.25, 0.3) is 0 Å². The quantitative estimate of drug-likeness (QED) is 0.789. The van der Waals surface area contributed by atoms with Crippen LogP contribution in [0.15, 0.2) is 48.7 Å². The number of anilines is 1. The van der Waals surface area contributed by atoms with Gasteiger partial charge in [0.25, 0.3) is 0 Å². The van der Waals surface area contributed by atoms with Crippen LogP contribution in [0.1, 0.15) is 30.4 Å². The fourth-order valence-corrected chi connectivity index (χ4v) is 3.22. The fourth-order valence-electron chi connectivity index (χ4n) is 3.22. The highest BCUT2D eigenvalue weighted by atomic mass is 16.5. The molecule has 1 aliphatic rings. The molecule has 27 heavy (non-hydrogen) atoms. The molecule has 0 spiro atoms. The molecule has 1 saturated heterocycles. The third kappa shape index (κ3) is 5.69. The van der Waals surface area contributed by atoms with Gasteiger partial charge in [-0.1, -0.05) is 43.3 Å². The molecule has 0 aliphatic carbocycles. The zero-order valence-corrected chi connectivity index (χ0v) is 15.9. The largest absolute Gasteiger partial charge is 0.378 e. The molecule has 6 nitrogen and oxygen atoms in total. The van der Waals surface area contributed by atoms with E-state index in [4.69, 9.17) is 4.74 Å². The van der Waals surface area contributed by atoms with Crippen molar-refractivity contribution in [1.82, 2.24) is 15.6 Å². The van der Waals surface area contributed by atoms with Crippen molar-refractivity contribution in [2.75, 3.05) is 37.7 Å². The molecule has 3 rings (SSSR count). The van der Waals surface area contributed by atoms with E-state index in [1.165, 1.54) is 5.56 Å². The lowest BCUT2D eigenvalue weighted by molar-refractivity contribution is 0.122. The predicted octanol–water partition coefficient (Wildman–Crippen LogP) is 2.91. The van der Waals surface area contributed by atoms with Crippen LogP contribution in [0.4, 0.5) is 10.6 Å². The Bertz CT molecular complexity index is 717. The van der Waals surface area contributed by atoms with Crippen molar-refractivity contribution < 1.29 is 9.53 Å². The van der Waals surface area contributed by atoms with Crippen LogP contribution >= 0.6 is 0 Å². The summed E-state index contributed by atoms with van der Waals surface area (Å²) in [4.78, 5) is 18.9. The number of pyridine rings is 1. The summed E-state index contributed by atoms with van der Waals surface area (Å²) in [5.74, 6) is 1.34. The Balaban J connectivity index is 1.44. The zero-order chi connectivity index (χ0) is 18.9. The molecule has 2 N–H and O–H groups in total. The van der Waals surface area contributed by atoms with Crippen molar-refractivity contribution in [1.29, 1.82) is 0 Å². The first kappa shape index (κ1) is 19.2. The third-order valence-corrected chi connectivity index (χ3v) is 4.85. The molecule has 1 fully saturated rings. The number of rotatable bonds is 7. The van der Waals surface area contributed by atoms with Gasteiger partial charge in [-0.3, -0.25) is 0 Å².